The van der Waals surface area contributed by atoms with Gasteiger partial charge >= 0.3 is 0 Å². The number of amides is 2. The normalized spacial score (nSPS) is 17.4. The molecule has 37 heavy (non-hydrogen) atoms. The predicted octanol–water partition coefficient (Wildman–Crippen LogP) is 5.06. The Morgan fingerprint density at radius 3 is 2.81 bits per heavy atom. The summed E-state index contributed by atoms with van der Waals surface area (Å²) in [5.41, 5.74) is 4.55. The average molecular weight is 516 g/mol. The molecule has 1 aliphatic rings. The van der Waals surface area contributed by atoms with Crippen LogP contribution in [0.15, 0.2) is 71.4 Å². The summed E-state index contributed by atoms with van der Waals surface area (Å²) >= 11 is 1.06. The topological polar surface area (TPSA) is 95.5 Å². The van der Waals surface area contributed by atoms with Crippen LogP contribution in [0.4, 0.5) is 4.39 Å². The van der Waals surface area contributed by atoms with Crippen molar-refractivity contribution in [2.45, 2.75) is 31.8 Å². The zero-order valence-electron chi connectivity index (χ0n) is 20.4. The number of hydrazone groups is 1. The predicted molar refractivity (Wildman–Crippen MR) is 144 cm³/mol. The molecule has 1 aliphatic heterocycles. The number of rotatable bonds is 7. The number of hydrogen-bond acceptors (Lipinski definition) is 6. The number of fused-ring (bicyclic) bond motifs is 1. The van der Waals surface area contributed by atoms with Crippen LogP contribution in [0.3, 0.4) is 0 Å². The van der Waals surface area contributed by atoms with Crippen LogP contribution >= 0.6 is 11.3 Å². The van der Waals surface area contributed by atoms with Gasteiger partial charge in [0.1, 0.15) is 4.88 Å². The number of hydrogen-bond donors (Lipinski definition) is 3. The molecular formula is C28H26FN5O2S. The molecule has 2 aromatic heterocycles. The number of carbonyl (C=O) groups excluding carboxylic acids is 2. The summed E-state index contributed by atoms with van der Waals surface area (Å²) in [5.74, 6) is -1.23. The molecule has 3 heterocycles. The Hall–Kier alpha value is -4.11. The van der Waals surface area contributed by atoms with E-state index in [1.807, 2.05) is 50.2 Å². The first-order valence-electron chi connectivity index (χ1n) is 12.0. The molecule has 0 fully saturated rings. The first-order chi connectivity index (χ1) is 17.9. The van der Waals surface area contributed by atoms with Gasteiger partial charge in [0.25, 0.3) is 11.8 Å². The number of thiophene rings is 1. The third-order valence-electron chi connectivity index (χ3n) is 6.44. The lowest BCUT2D eigenvalue weighted by atomic mass is 9.98. The smallest absolute Gasteiger partial charge is 0.265 e. The third kappa shape index (κ3) is 5.08. The van der Waals surface area contributed by atoms with Crippen LogP contribution in [0.1, 0.15) is 51.9 Å². The minimum Gasteiger partial charge on any atom is -0.345 e. The number of halogens is 1. The zero-order chi connectivity index (χ0) is 26.0. The molecule has 2 amide bonds. The Bertz CT molecular complexity index is 1520. The lowest BCUT2D eigenvalue weighted by Gasteiger charge is -2.20. The highest BCUT2D eigenvalue weighted by molar-refractivity contribution is 7.12. The second-order valence-electron chi connectivity index (χ2n) is 9.25. The molecule has 2 atom stereocenters. The summed E-state index contributed by atoms with van der Waals surface area (Å²) in [6.07, 6.45) is 5.72. The SMILES string of the molecule is CCC(NC(=O)c1ccc2cnccc2c1)c1cccc(-c2csc(C(=O)NC3(C)C=NNC3)c2F)c1. The lowest BCUT2D eigenvalue weighted by Crippen LogP contribution is -2.49. The fourth-order valence-electron chi connectivity index (χ4n) is 4.34. The van der Waals surface area contributed by atoms with Crippen LogP contribution in [0.2, 0.25) is 0 Å². The third-order valence-corrected chi connectivity index (χ3v) is 7.39. The Balaban J connectivity index is 1.35. The summed E-state index contributed by atoms with van der Waals surface area (Å²) in [7, 11) is 0. The van der Waals surface area contributed by atoms with Crippen molar-refractivity contribution in [3.8, 4) is 11.1 Å². The first kappa shape index (κ1) is 24.6. The number of nitrogens with one attached hydrogen (secondary N) is 3. The summed E-state index contributed by atoms with van der Waals surface area (Å²) in [6.45, 7) is 4.25. The maximum atomic E-state index is 15.4. The van der Waals surface area contributed by atoms with Crippen molar-refractivity contribution >= 4 is 40.1 Å². The van der Waals surface area contributed by atoms with Gasteiger partial charge in [-0.1, -0.05) is 31.2 Å². The van der Waals surface area contributed by atoms with Crippen LogP contribution < -0.4 is 16.1 Å². The molecule has 0 radical (unpaired) electrons. The standard InChI is InChI=1S/C28H26FN5O2S/c1-3-23(33-26(35)20-7-8-21-13-30-10-9-17(21)11-20)19-6-4-5-18(12-19)22-14-37-25(24(22)29)27(36)34-28(2)15-31-32-16-28/h4-15,23,32H,3,16H2,1-2H3,(H,33,35)(H,34,36). The monoisotopic (exact) mass is 515 g/mol. The summed E-state index contributed by atoms with van der Waals surface area (Å²) in [4.78, 5) is 29.9. The van der Waals surface area contributed by atoms with Crippen molar-refractivity contribution in [2.75, 3.05) is 6.54 Å². The van der Waals surface area contributed by atoms with Gasteiger partial charge in [-0.25, -0.2) is 4.39 Å². The summed E-state index contributed by atoms with van der Waals surface area (Å²) < 4.78 is 15.4. The molecule has 9 heteroatoms. The van der Waals surface area contributed by atoms with E-state index in [0.717, 1.165) is 27.7 Å². The van der Waals surface area contributed by atoms with E-state index in [1.54, 1.807) is 36.1 Å². The zero-order valence-corrected chi connectivity index (χ0v) is 21.2. The first-order valence-corrected chi connectivity index (χ1v) is 12.9. The maximum Gasteiger partial charge on any atom is 0.265 e. The number of aromatic nitrogens is 1. The second-order valence-corrected chi connectivity index (χ2v) is 10.1. The molecule has 0 spiro atoms. The molecule has 7 nitrogen and oxygen atoms in total. The number of benzene rings is 2. The lowest BCUT2D eigenvalue weighted by molar-refractivity contribution is 0.0924. The van der Waals surface area contributed by atoms with Crippen LogP contribution in [0.5, 0.6) is 0 Å². The van der Waals surface area contributed by atoms with E-state index in [1.165, 1.54) is 0 Å². The summed E-state index contributed by atoms with van der Waals surface area (Å²) in [5, 5.41) is 13.4. The van der Waals surface area contributed by atoms with E-state index in [0.29, 0.717) is 29.7 Å². The summed E-state index contributed by atoms with van der Waals surface area (Å²) in [6, 6.07) is 14.5. The number of nitrogens with zero attached hydrogens (tertiary/aromatic N) is 2. The van der Waals surface area contributed by atoms with Gasteiger partial charge in [-0.3, -0.25) is 14.6 Å². The highest BCUT2D eigenvalue weighted by Crippen LogP contribution is 2.32. The van der Waals surface area contributed by atoms with E-state index in [9.17, 15) is 9.59 Å². The molecule has 5 rings (SSSR count). The average Bonchev–Trinajstić information content (AvgIpc) is 3.52. The van der Waals surface area contributed by atoms with Crippen molar-refractivity contribution in [1.82, 2.24) is 21.0 Å². The number of pyridine rings is 1. The molecule has 2 aromatic carbocycles. The molecule has 3 N–H and O–H groups in total. The molecule has 0 saturated carbocycles. The fraction of sp³-hybridized carbons (Fsp3) is 0.214. The molecule has 2 unspecified atom stereocenters. The highest BCUT2D eigenvalue weighted by Gasteiger charge is 2.30. The Kier molecular flexibility index (Phi) is 6.71. The molecule has 188 valence electrons. The number of carbonyl (C=O) groups is 2. The fourth-order valence-corrected chi connectivity index (χ4v) is 5.18. The van der Waals surface area contributed by atoms with Crippen LogP contribution in [0.25, 0.3) is 21.9 Å². The largest absolute Gasteiger partial charge is 0.345 e. The van der Waals surface area contributed by atoms with E-state index in [2.05, 4.69) is 26.1 Å². The Labute approximate surface area is 217 Å². The molecular weight excluding hydrogens is 489 g/mol. The second kappa shape index (κ2) is 10.1. The van der Waals surface area contributed by atoms with Gasteiger partial charge < -0.3 is 16.1 Å². The van der Waals surface area contributed by atoms with E-state index < -0.39 is 17.3 Å². The Morgan fingerprint density at radius 2 is 2.03 bits per heavy atom. The highest BCUT2D eigenvalue weighted by atomic mass is 32.1. The minimum atomic E-state index is -0.665. The maximum absolute atomic E-state index is 15.4. The molecule has 0 aliphatic carbocycles. The van der Waals surface area contributed by atoms with Gasteiger partial charge in [-0.05, 0) is 54.1 Å². The van der Waals surface area contributed by atoms with E-state index in [4.69, 9.17) is 0 Å². The van der Waals surface area contributed by atoms with Gasteiger partial charge in [0.15, 0.2) is 5.82 Å². The molecule has 0 saturated heterocycles. The van der Waals surface area contributed by atoms with E-state index in [-0.39, 0.29) is 16.8 Å². The molecule has 4 aromatic rings. The van der Waals surface area contributed by atoms with Gasteiger partial charge in [0, 0.05) is 34.3 Å². The van der Waals surface area contributed by atoms with Crippen molar-refractivity contribution < 1.29 is 14.0 Å². The van der Waals surface area contributed by atoms with E-state index >= 15 is 4.39 Å². The van der Waals surface area contributed by atoms with Crippen LogP contribution in [0, 0.1) is 5.82 Å². The quantitative estimate of drug-likeness (QED) is 0.321. The van der Waals surface area contributed by atoms with Crippen molar-refractivity contribution in [3.05, 3.63) is 88.1 Å². The Morgan fingerprint density at radius 1 is 1.16 bits per heavy atom. The van der Waals surface area contributed by atoms with Crippen molar-refractivity contribution in [1.29, 1.82) is 0 Å². The van der Waals surface area contributed by atoms with Gasteiger partial charge in [0.05, 0.1) is 24.3 Å². The van der Waals surface area contributed by atoms with Gasteiger partial charge in [-0.2, -0.15) is 5.10 Å². The van der Waals surface area contributed by atoms with Crippen LogP contribution in [-0.2, 0) is 0 Å². The van der Waals surface area contributed by atoms with Crippen LogP contribution in [-0.4, -0.2) is 35.1 Å². The minimum absolute atomic E-state index is 0.0220. The molecule has 0 bridgehead atoms. The van der Waals surface area contributed by atoms with Crippen molar-refractivity contribution in [2.24, 2.45) is 5.10 Å². The van der Waals surface area contributed by atoms with Gasteiger partial charge in [-0.15, -0.1) is 11.3 Å². The van der Waals surface area contributed by atoms with Gasteiger partial charge in [0.2, 0.25) is 0 Å². The van der Waals surface area contributed by atoms with Crippen molar-refractivity contribution in [3.63, 3.8) is 0 Å².